The van der Waals surface area contributed by atoms with Crippen molar-refractivity contribution in [3.63, 3.8) is 0 Å². The second kappa shape index (κ2) is 10.5. The summed E-state index contributed by atoms with van der Waals surface area (Å²) < 4.78 is 1.75. The highest BCUT2D eigenvalue weighted by atomic mass is 16.2. The van der Waals surface area contributed by atoms with E-state index in [1.54, 1.807) is 22.8 Å². The van der Waals surface area contributed by atoms with E-state index in [9.17, 15) is 14.4 Å². The van der Waals surface area contributed by atoms with Gasteiger partial charge in [0.05, 0.1) is 10.9 Å². The zero-order valence-electron chi connectivity index (χ0n) is 19.7. The second-order valence-corrected chi connectivity index (χ2v) is 9.46. The minimum absolute atomic E-state index is 0.0846. The molecule has 2 atom stereocenters. The smallest absolute Gasteiger partial charge is 0.313 e. The molecule has 0 saturated carbocycles. The number of fused-ring (bicyclic) bond motifs is 2. The van der Waals surface area contributed by atoms with Gasteiger partial charge in [0.15, 0.2) is 0 Å². The SMILES string of the molecule is C[C@H]1CCC[C@H](C)N1CCCNC(=O)C(=O)Nc1ccc2nc3n(c(=O)c2c1)CCCCC3. The van der Waals surface area contributed by atoms with Crippen molar-refractivity contribution in [2.75, 3.05) is 18.4 Å². The summed E-state index contributed by atoms with van der Waals surface area (Å²) in [6.07, 6.45) is 8.40. The third-order valence-electron chi connectivity index (χ3n) is 7.03. The topological polar surface area (TPSA) is 96.3 Å². The third-order valence-corrected chi connectivity index (χ3v) is 7.03. The molecular formula is C25H35N5O3. The first-order chi connectivity index (χ1) is 15.9. The standard InChI is InChI=1S/C25H35N5O3/c1-17-8-6-9-18(2)29(17)15-7-13-26-23(31)24(32)27-19-11-12-21-20(16-19)25(33)30-14-5-3-4-10-22(30)28-21/h11-12,16-18H,3-10,13-15H2,1-2H3,(H,26,31)(H,27,32)/t17-,18-/m0/s1. The Morgan fingerprint density at radius 3 is 2.64 bits per heavy atom. The molecule has 8 heteroatoms. The molecule has 1 aromatic heterocycles. The molecule has 33 heavy (non-hydrogen) atoms. The summed E-state index contributed by atoms with van der Waals surface area (Å²) in [7, 11) is 0. The van der Waals surface area contributed by atoms with E-state index in [-0.39, 0.29) is 5.56 Å². The molecule has 3 heterocycles. The molecule has 2 aliphatic heterocycles. The van der Waals surface area contributed by atoms with Crippen LogP contribution in [0, 0.1) is 0 Å². The number of nitrogens with zero attached hydrogens (tertiary/aromatic N) is 3. The molecule has 0 radical (unpaired) electrons. The highest BCUT2D eigenvalue weighted by Crippen LogP contribution is 2.22. The molecule has 1 saturated heterocycles. The summed E-state index contributed by atoms with van der Waals surface area (Å²) in [5.74, 6) is -0.557. The number of likely N-dealkylation sites (tertiary alicyclic amines) is 1. The number of aryl methyl sites for hydroxylation is 1. The lowest BCUT2D eigenvalue weighted by Gasteiger charge is -2.39. The van der Waals surface area contributed by atoms with Crippen LogP contribution >= 0.6 is 0 Å². The first-order valence-electron chi connectivity index (χ1n) is 12.3. The Balaban J connectivity index is 1.33. The number of hydrogen-bond donors (Lipinski definition) is 2. The van der Waals surface area contributed by atoms with Gasteiger partial charge in [0, 0.05) is 43.8 Å². The van der Waals surface area contributed by atoms with E-state index in [2.05, 4.69) is 34.4 Å². The molecule has 2 N–H and O–H groups in total. The first-order valence-corrected chi connectivity index (χ1v) is 12.3. The van der Waals surface area contributed by atoms with E-state index < -0.39 is 11.8 Å². The molecule has 8 nitrogen and oxygen atoms in total. The monoisotopic (exact) mass is 453 g/mol. The maximum Gasteiger partial charge on any atom is 0.313 e. The zero-order chi connectivity index (χ0) is 23.4. The number of benzene rings is 1. The Kier molecular flexibility index (Phi) is 7.42. The fourth-order valence-electron chi connectivity index (χ4n) is 5.14. The molecule has 178 valence electrons. The molecule has 0 aliphatic carbocycles. The number of aromatic nitrogens is 2. The molecule has 4 rings (SSSR count). The quantitative estimate of drug-likeness (QED) is 0.536. The van der Waals surface area contributed by atoms with Crippen LogP contribution in [0.4, 0.5) is 5.69 Å². The molecule has 0 unspecified atom stereocenters. The van der Waals surface area contributed by atoms with Crippen LogP contribution < -0.4 is 16.2 Å². The lowest BCUT2D eigenvalue weighted by molar-refractivity contribution is -0.136. The normalized spacial score (nSPS) is 21.3. The molecule has 2 aromatic rings. The number of piperidine rings is 1. The summed E-state index contributed by atoms with van der Waals surface area (Å²) in [6, 6.07) is 6.17. The van der Waals surface area contributed by atoms with E-state index in [0.717, 1.165) is 44.5 Å². The fourth-order valence-corrected chi connectivity index (χ4v) is 5.14. The van der Waals surface area contributed by atoms with Crippen LogP contribution in [0.5, 0.6) is 0 Å². The van der Waals surface area contributed by atoms with Gasteiger partial charge in [0.2, 0.25) is 0 Å². The van der Waals surface area contributed by atoms with Gasteiger partial charge in [-0.25, -0.2) is 4.98 Å². The Labute approximate surface area is 194 Å². The zero-order valence-corrected chi connectivity index (χ0v) is 19.7. The van der Waals surface area contributed by atoms with Crippen LogP contribution in [-0.2, 0) is 22.6 Å². The summed E-state index contributed by atoms with van der Waals surface area (Å²) in [6.45, 7) is 6.55. The lowest BCUT2D eigenvalue weighted by atomic mass is 9.97. The maximum absolute atomic E-state index is 13.0. The fraction of sp³-hybridized carbons (Fsp3) is 0.600. The van der Waals surface area contributed by atoms with Crippen molar-refractivity contribution in [3.05, 3.63) is 34.4 Å². The largest absolute Gasteiger partial charge is 0.348 e. The van der Waals surface area contributed by atoms with Crippen LogP contribution in [-0.4, -0.2) is 51.4 Å². The highest BCUT2D eigenvalue weighted by Gasteiger charge is 2.24. The summed E-state index contributed by atoms with van der Waals surface area (Å²) in [4.78, 5) is 44.8. The van der Waals surface area contributed by atoms with Crippen LogP contribution in [0.25, 0.3) is 10.9 Å². The van der Waals surface area contributed by atoms with E-state index >= 15 is 0 Å². The number of rotatable bonds is 5. The van der Waals surface area contributed by atoms with Crippen LogP contribution in [0.1, 0.15) is 64.6 Å². The first kappa shape index (κ1) is 23.4. The molecule has 1 aromatic carbocycles. The summed E-state index contributed by atoms with van der Waals surface area (Å²) in [5, 5.41) is 5.79. The Hall–Kier alpha value is -2.74. The number of anilines is 1. The van der Waals surface area contributed by atoms with Gasteiger partial charge in [-0.2, -0.15) is 0 Å². The Morgan fingerprint density at radius 2 is 1.85 bits per heavy atom. The summed E-state index contributed by atoms with van der Waals surface area (Å²) in [5.41, 5.74) is 0.960. The number of nitrogens with one attached hydrogen (secondary N) is 2. The van der Waals surface area contributed by atoms with Crippen molar-refractivity contribution in [2.45, 2.75) is 83.8 Å². The van der Waals surface area contributed by atoms with Crippen molar-refractivity contribution < 1.29 is 9.59 Å². The van der Waals surface area contributed by atoms with Crippen molar-refractivity contribution in [3.8, 4) is 0 Å². The number of carbonyl (C=O) groups excluding carboxylic acids is 2. The minimum atomic E-state index is -0.725. The van der Waals surface area contributed by atoms with Crippen molar-refractivity contribution in [1.82, 2.24) is 19.8 Å². The van der Waals surface area contributed by atoms with Gasteiger partial charge in [-0.15, -0.1) is 0 Å². The summed E-state index contributed by atoms with van der Waals surface area (Å²) >= 11 is 0. The molecule has 2 aliphatic rings. The number of carbonyl (C=O) groups is 2. The molecular weight excluding hydrogens is 418 g/mol. The van der Waals surface area contributed by atoms with E-state index in [4.69, 9.17) is 0 Å². The molecule has 2 amide bonds. The average molecular weight is 454 g/mol. The predicted molar refractivity (Wildman–Crippen MR) is 129 cm³/mol. The van der Waals surface area contributed by atoms with Gasteiger partial charge in [0.25, 0.3) is 5.56 Å². The maximum atomic E-state index is 13.0. The van der Waals surface area contributed by atoms with Crippen molar-refractivity contribution in [1.29, 1.82) is 0 Å². The van der Waals surface area contributed by atoms with E-state index in [0.29, 0.717) is 41.8 Å². The van der Waals surface area contributed by atoms with Crippen LogP contribution in [0.3, 0.4) is 0 Å². The van der Waals surface area contributed by atoms with E-state index in [1.807, 2.05) is 0 Å². The highest BCUT2D eigenvalue weighted by molar-refractivity contribution is 6.39. The molecule has 0 spiro atoms. The van der Waals surface area contributed by atoms with Crippen LogP contribution in [0.15, 0.2) is 23.0 Å². The van der Waals surface area contributed by atoms with Crippen molar-refractivity contribution in [2.24, 2.45) is 0 Å². The molecule has 0 bridgehead atoms. The number of amides is 2. The lowest BCUT2D eigenvalue weighted by Crippen LogP contribution is -2.45. The number of hydrogen-bond acceptors (Lipinski definition) is 5. The molecule has 1 fully saturated rings. The van der Waals surface area contributed by atoms with Gasteiger partial charge < -0.3 is 10.6 Å². The van der Waals surface area contributed by atoms with Gasteiger partial charge in [-0.05, 0) is 64.2 Å². The Bertz CT molecular complexity index is 1070. The third kappa shape index (κ3) is 5.43. The van der Waals surface area contributed by atoms with Crippen molar-refractivity contribution >= 4 is 28.4 Å². The van der Waals surface area contributed by atoms with Gasteiger partial charge in [-0.1, -0.05) is 12.8 Å². The Morgan fingerprint density at radius 1 is 1.06 bits per heavy atom. The predicted octanol–water partition coefficient (Wildman–Crippen LogP) is 2.83. The van der Waals surface area contributed by atoms with Gasteiger partial charge >= 0.3 is 11.8 Å². The minimum Gasteiger partial charge on any atom is -0.348 e. The van der Waals surface area contributed by atoms with Gasteiger partial charge in [-0.3, -0.25) is 23.9 Å². The van der Waals surface area contributed by atoms with E-state index in [1.165, 1.54) is 19.3 Å². The average Bonchev–Trinajstić information content (AvgIpc) is 3.04. The van der Waals surface area contributed by atoms with Crippen LogP contribution in [0.2, 0.25) is 0 Å². The van der Waals surface area contributed by atoms with Gasteiger partial charge in [0.1, 0.15) is 5.82 Å². The second-order valence-electron chi connectivity index (χ2n) is 9.46.